The molecule has 0 saturated carbocycles. The number of aliphatic hydroxyl groups excluding tert-OH is 1. The normalized spacial score (nSPS) is 13.7. The van der Waals surface area contributed by atoms with Crippen LogP contribution in [0.1, 0.15) is 119 Å². The van der Waals surface area contributed by atoms with Crippen LogP contribution in [-0.2, 0) is 19.3 Å². The van der Waals surface area contributed by atoms with Gasteiger partial charge < -0.3 is 15.1 Å². The van der Waals surface area contributed by atoms with Crippen LogP contribution in [0.15, 0.2) is 30.3 Å². The van der Waals surface area contributed by atoms with E-state index in [1.54, 1.807) is 0 Å². The van der Waals surface area contributed by atoms with Gasteiger partial charge in [0, 0.05) is 27.6 Å². The predicted molar refractivity (Wildman–Crippen MR) is 180 cm³/mol. The van der Waals surface area contributed by atoms with E-state index in [0.717, 1.165) is 95.4 Å². The van der Waals surface area contributed by atoms with Gasteiger partial charge >= 0.3 is 0 Å². The van der Waals surface area contributed by atoms with E-state index in [1.165, 1.54) is 39.0 Å². The zero-order valence-corrected chi connectivity index (χ0v) is 26.5. The third-order valence-corrected chi connectivity index (χ3v) is 8.93. The van der Waals surface area contributed by atoms with Crippen molar-refractivity contribution in [1.82, 2.24) is 19.9 Å². The second-order valence-corrected chi connectivity index (χ2v) is 11.1. The number of aromatic nitrogens is 4. The molecule has 0 aromatic carbocycles. The number of rotatable bonds is 9. The highest BCUT2D eigenvalue weighted by molar-refractivity contribution is 5.96. The van der Waals surface area contributed by atoms with Gasteiger partial charge in [0.1, 0.15) is 0 Å². The summed E-state index contributed by atoms with van der Waals surface area (Å²) < 4.78 is 0. The molecule has 0 fully saturated rings. The summed E-state index contributed by atoms with van der Waals surface area (Å²) in [5.41, 5.74) is 18.9. The summed E-state index contributed by atoms with van der Waals surface area (Å²) in [5, 5.41) is 9.66. The molecule has 3 aromatic heterocycles. The molecule has 0 unspecified atom stereocenters. The van der Waals surface area contributed by atoms with Crippen LogP contribution in [0.3, 0.4) is 0 Å². The molecule has 42 heavy (non-hydrogen) atoms. The van der Waals surface area contributed by atoms with Crippen molar-refractivity contribution in [3.63, 3.8) is 0 Å². The van der Waals surface area contributed by atoms with Crippen molar-refractivity contribution < 1.29 is 5.11 Å². The van der Waals surface area contributed by atoms with E-state index < -0.39 is 0 Å². The molecule has 5 nitrogen and oxygen atoms in total. The monoisotopic (exact) mass is 562 g/mol. The van der Waals surface area contributed by atoms with Gasteiger partial charge in [-0.2, -0.15) is 0 Å². The van der Waals surface area contributed by atoms with Crippen LogP contribution >= 0.6 is 0 Å². The molecule has 0 radical (unpaired) electrons. The van der Waals surface area contributed by atoms with Gasteiger partial charge in [0.25, 0.3) is 0 Å². The number of aliphatic hydroxyl groups is 1. The summed E-state index contributed by atoms with van der Waals surface area (Å²) >= 11 is 0. The summed E-state index contributed by atoms with van der Waals surface area (Å²) in [4.78, 5) is 18.1. The standard InChI is InChI=1S/C37H46N4O/c1-8-22-23(9-2)31-19-33-26(12-5)27(13-6)35(40-33)21-37-29(16-15-17-42)28(14-7)36(41-37)20-34-25(11-4)24(10-3)32(39-34)18-30(22)38-31/h15-16,18-21,40-42H,8-14,17H2,1-7H3. The molecule has 0 spiro atoms. The lowest BCUT2D eigenvalue weighted by Crippen LogP contribution is -1.86. The highest BCUT2D eigenvalue weighted by atomic mass is 16.2. The first-order valence-corrected chi connectivity index (χ1v) is 16.0. The SMILES string of the molecule is CCC1=C(CC)c2cc3[nH]c(cc4[nH]c(cc5nc(cc1n2)C(CC)=C5CC)c(CC)c4CC)c(C=CCO)c3CC. The molecular formula is C37H46N4O. The fourth-order valence-corrected chi connectivity index (χ4v) is 7.00. The summed E-state index contributed by atoms with van der Waals surface area (Å²) in [7, 11) is 0. The lowest BCUT2D eigenvalue weighted by Gasteiger charge is -2.04. The number of nitrogens with one attached hydrogen (secondary N) is 2. The minimum atomic E-state index is 0.00599. The Morgan fingerprint density at radius 1 is 0.524 bits per heavy atom. The van der Waals surface area contributed by atoms with E-state index >= 15 is 0 Å². The molecule has 2 aliphatic rings. The molecule has 0 aliphatic carbocycles. The second-order valence-electron chi connectivity index (χ2n) is 11.1. The van der Waals surface area contributed by atoms with E-state index in [1.807, 2.05) is 6.08 Å². The lowest BCUT2D eigenvalue weighted by molar-refractivity contribution is 0.343. The van der Waals surface area contributed by atoms with Gasteiger partial charge in [0.2, 0.25) is 0 Å². The third-order valence-electron chi connectivity index (χ3n) is 8.93. The van der Waals surface area contributed by atoms with Crippen LogP contribution < -0.4 is 0 Å². The van der Waals surface area contributed by atoms with Gasteiger partial charge in [-0.1, -0.05) is 60.6 Å². The van der Waals surface area contributed by atoms with Crippen molar-refractivity contribution >= 4 is 50.4 Å². The Morgan fingerprint density at radius 3 is 1.36 bits per heavy atom. The van der Waals surface area contributed by atoms with E-state index in [4.69, 9.17) is 9.97 Å². The third kappa shape index (κ3) is 5.09. The fraction of sp³-hybridized carbons (Fsp3) is 0.405. The molecule has 5 heterocycles. The molecule has 220 valence electrons. The zero-order valence-electron chi connectivity index (χ0n) is 26.5. The largest absolute Gasteiger partial charge is 0.392 e. The minimum absolute atomic E-state index is 0.00599. The summed E-state index contributed by atoms with van der Waals surface area (Å²) in [6.45, 7) is 15.6. The van der Waals surface area contributed by atoms with E-state index in [9.17, 15) is 5.11 Å². The number of H-pyrrole nitrogens is 2. The number of allylic oxidation sites excluding steroid dienone is 4. The van der Waals surface area contributed by atoms with Crippen molar-refractivity contribution in [2.45, 2.75) is 93.4 Å². The Balaban J connectivity index is 2.03. The molecule has 3 aromatic rings. The maximum absolute atomic E-state index is 9.66. The van der Waals surface area contributed by atoms with Gasteiger partial charge in [-0.25, -0.2) is 9.97 Å². The first-order valence-electron chi connectivity index (χ1n) is 16.0. The molecular weight excluding hydrogens is 516 g/mol. The molecule has 3 N–H and O–H groups in total. The molecule has 0 amide bonds. The number of nitrogens with zero attached hydrogens (tertiary/aromatic N) is 2. The van der Waals surface area contributed by atoms with E-state index in [-0.39, 0.29) is 6.61 Å². The zero-order chi connectivity index (χ0) is 30.0. The average Bonchev–Trinajstić information content (AvgIpc) is 3.71. The summed E-state index contributed by atoms with van der Waals surface area (Å²) in [5.74, 6) is 0. The lowest BCUT2D eigenvalue weighted by atomic mass is 9.97. The van der Waals surface area contributed by atoms with Gasteiger partial charge in [-0.05, 0) is 108 Å². The number of aryl methyl sites for hydroxylation is 3. The Hall–Kier alpha value is -3.70. The number of hydrogen-bond acceptors (Lipinski definition) is 3. The topological polar surface area (TPSA) is 77.6 Å². The van der Waals surface area contributed by atoms with Gasteiger partial charge in [0.15, 0.2) is 0 Å². The highest BCUT2D eigenvalue weighted by Gasteiger charge is 2.22. The Bertz CT molecular complexity index is 1760. The maximum Gasteiger partial charge on any atom is 0.0694 e. The van der Waals surface area contributed by atoms with Crippen LogP contribution in [0.4, 0.5) is 0 Å². The van der Waals surface area contributed by atoms with Crippen LogP contribution in [0.2, 0.25) is 0 Å². The highest BCUT2D eigenvalue weighted by Crippen LogP contribution is 2.39. The number of aromatic amines is 2. The Kier molecular flexibility index (Phi) is 8.98. The fourth-order valence-electron chi connectivity index (χ4n) is 7.00. The smallest absolute Gasteiger partial charge is 0.0694 e. The van der Waals surface area contributed by atoms with Crippen molar-refractivity contribution in [1.29, 1.82) is 0 Å². The van der Waals surface area contributed by atoms with Crippen LogP contribution in [-0.4, -0.2) is 31.6 Å². The van der Waals surface area contributed by atoms with Crippen molar-refractivity contribution in [2.24, 2.45) is 0 Å². The number of fused-ring (bicyclic) bond motifs is 8. The van der Waals surface area contributed by atoms with E-state index in [0.29, 0.717) is 0 Å². The quantitative estimate of drug-likeness (QED) is 0.243. The van der Waals surface area contributed by atoms with Crippen LogP contribution in [0, 0.1) is 0 Å². The van der Waals surface area contributed by atoms with Crippen molar-refractivity contribution in [3.05, 3.63) is 75.4 Å². The predicted octanol–water partition coefficient (Wildman–Crippen LogP) is 9.47. The first kappa shape index (κ1) is 29.8. The van der Waals surface area contributed by atoms with Crippen molar-refractivity contribution in [2.75, 3.05) is 6.61 Å². The maximum atomic E-state index is 9.66. The summed E-state index contributed by atoms with van der Waals surface area (Å²) in [6.07, 6.45) is 10.4. The molecule has 0 atom stereocenters. The average molecular weight is 563 g/mol. The minimum Gasteiger partial charge on any atom is -0.392 e. The Morgan fingerprint density at radius 2 is 0.929 bits per heavy atom. The van der Waals surface area contributed by atoms with Crippen LogP contribution in [0.5, 0.6) is 0 Å². The second kappa shape index (κ2) is 12.7. The van der Waals surface area contributed by atoms with E-state index in [2.05, 4.69) is 88.8 Å². The van der Waals surface area contributed by atoms with Gasteiger partial charge in [-0.15, -0.1) is 0 Å². The first-order chi connectivity index (χ1) is 20.5. The molecule has 5 heteroatoms. The van der Waals surface area contributed by atoms with Crippen LogP contribution in [0.25, 0.3) is 50.4 Å². The van der Waals surface area contributed by atoms with Gasteiger partial charge in [-0.3, -0.25) is 0 Å². The van der Waals surface area contributed by atoms with Crippen molar-refractivity contribution in [3.8, 4) is 0 Å². The number of hydrogen-bond donors (Lipinski definition) is 3. The molecule has 2 aliphatic heterocycles. The molecule has 5 rings (SSSR count). The Labute approximate surface area is 250 Å². The molecule has 0 saturated heterocycles. The molecule has 8 bridgehead atoms. The summed E-state index contributed by atoms with van der Waals surface area (Å²) in [6, 6.07) is 9.00. The van der Waals surface area contributed by atoms with Gasteiger partial charge in [0.05, 0.1) is 29.4 Å².